The second kappa shape index (κ2) is 11.7. The van der Waals surface area contributed by atoms with Crippen molar-refractivity contribution in [1.29, 1.82) is 0 Å². The van der Waals surface area contributed by atoms with Gasteiger partial charge in [0.15, 0.2) is 11.6 Å². The molecule has 4 aromatic rings. The Labute approximate surface area is 242 Å². The molecule has 0 unspecified atom stereocenters. The fourth-order valence-electron chi connectivity index (χ4n) is 5.15. The summed E-state index contributed by atoms with van der Waals surface area (Å²) >= 11 is 1.22. The van der Waals surface area contributed by atoms with Crippen LogP contribution in [0.25, 0.3) is 22.5 Å². The monoisotopic (exact) mass is 600 g/mol. The second-order valence-corrected chi connectivity index (χ2v) is 10.4. The van der Waals surface area contributed by atoms with Crippen LogP contribution in [0.1, 0.15) is 27.8 Å². The zero-order valence-electron chi connectivity index (χ0n) is 22.7. The number of nitrogens with one attached hydrogen (secondary N) is 1. The van der Waals surface area contributed by atoms with Gasteiger partial charge in [-0.1, -0.05) is 48.5 Å². The number of thioether (sulfide) groups is 1. The number of pyridine rings is 1. The van der Waals surface area contributed by atoms with Crippen LogP contribution in [0.5, 0.6) is 5.75 Å². The Morgan fingerprint density at radius 3 is 2.36 bits per heavy atom. The highest BCUT2D eigenvalue weighted by Gasteiger charge is 2.36. The Hall–Kier alpha value is -4.09. The fourth-order valence-corrected chi connectivity index (χ4v) is 6.42. The van der Waals surface area contributed by atoms with Crippen molar-refractivity contribution in [3.05, 3.63) is 117 Å². The van der Waals surface area contributed by atoms with Gasteiger partial charge in [0, 0.05) is 28.9 Å². The lowest BCUT2D eigenvalue weighted by Crippen LogP contribution is -2.26. The van der Waals surface area contributed by atoms with E-state index in [1.54, 1.807) is 24.3 Å². The van der Waals surface area contributed by atoms with Gasteiger partial charge in [0.25, 0.3) is 5.56 Å². The van der Waals surface area contributed by atoms with Crippen molar-refractivity contribution in [3.8, 4) is 16.9 Å². The van der Waals surface area contributed by atoms with E-state index in [2.05, 4.69) is 5.48 Å². The molecule has 1 aliphatic heterocycles. The van der Waals surface area contributed by atoms with Gasteiger partial charge >= 0.3 is 6.18 Å². The normalized spacial score (nSPS) is 14.1. The van der Waals surface area contributed by atoms with E-state index in [9.17, 15) is 18.0 Å². The average Bonchev–Trinajstić information content (AvgIpc) is 3.40. The molecule has 0 fully saturated rings. The standard InChI is InChI=1S/C31H25F5N2O3S/c1-17-20(15-21-22(31(34,35)36)12-8-13-23(21)32)30-38(29(39)26(17)19-11-7-14-25(40-2)27(19)33)24(16-42-30)28(37-41-3)18-9-5-4-6-10-18/h4-14,37H,15-16H2,1-3H3. The van der Waals surface area contributed by atoms with Crippen molar-refractivity contribution >= 4 is 23.2 Å². The topological polar surface area (TPSA) is 52.5 Å². The maximum absolute atomic E-state index is 15.6. The predicted octanol–water partition coefficient (Wildman–Crippen LogP) is 7.30. The number of methoxy groups -OCH3 is 1. The third kappa shape index (κ3) is 5.18. The lowest BCUT2D eigenvalue weighted by atomic mass is 9.92. The number of nitrogens with zero attached hydrogens (tertiary/aromatic N) is 1. The number of hydroxylamine groups is 1. The number of aromatic nitrogens is 1. The first-order chi connectivity index (χ1) is 20.1. The van der Waals surface area contributed by atoms with Gasteiger partial charge in [-0.25, -0.2) is 8.78 Å². The molecule has 11 heteroatoms. The number of hydrogen-bond donors (Lipinski definition) is 1. The first-order valence-corrected chi connectivity index (χ1v) is 13.7. The molecule has 5 nitrogen and oxygen atoms in total. The zero-order chi connectivity index (χ0) is 30.2. The summed E-state index contributed by atoms with van der Waals surface area (Å²) in [5.74, 6) is -1.71. The molecular weight excluding hydrogens is 575 g/mol. The van der Waals surface area contributed by atoms with Crippen molar-refractivity contribution in [2.24, 2.45) is 0 Å². The molecule has 0 atom stereocenters. The third-order valence-electron chi connectivity index (χ3n) is 7.11. The molecule has 1 aromatic heterocycles. The molecule has 42 heavy (non-hydrogen) atoms. The number of benzene rings is 3. The van der Waals surface area contributed by atoms with Crippen molar-refractivity contribution in [1.82, 2.24) is 10.0 Å². The van der Waals surface area contributed by atoms with Gasteiger partial charge in [-0.05, 0) is 36.2 Å². The van der Waals surface area contributed by atoms with Gasteiger partial charge in [-0.15, -0.1) is 11.8 Å². The van der Waals surface area contributed by atoms with Crippen molar-refractivity contribution < 1.29 is 31.5 Å². The number of ether oxygens (including phenoxy) is 1. The quantitative estimate of drug-likeness (QED) is 0.178. The van der Waals surface area contributed by atoms with E-state index in [1.807, 2.05) is 6.07 Å². The van der Waals surface area contributed by atoms with Crippen LogP contribution in [0.15, 0.2) is 76.6 Å². The predicted molar refractivity (Wildman–Crippen MR) is 152 cm³/mol. The molecular formula is C31H25F5N2O3S. The molecule has 1 N–H and O–H groups in total. The van der Waals surface area contributed by atoms with Crippen LogP contribution in [0.4, 0.5) is 22.0 Å². The van der Waals surface area contributed by atoms with Crippen LogP contribution in [0.3, 0.4) is 0 Å². The molecule has 0 amide bonds. The van der Waals surface area contributed by atoms with Crippen LogP contribution in [-0.2, 0) is 17.4 Å². The van der Waals surface area contributed by atoms with Crippen LogP contribution >= 0.6 is 11.8 Å². The highest BCUT2D eigenvalue weighted by atomic mass is 32.2. The molecule has 0 radical (unpaired) electrons. The lowest BCUT2D eigenvalue weighted by Gasteiger charge is -2.21. The summed E-state index contributed by atoms with van der Waals surface area (Å²) in [7, 11) is 2.69. The first kappa shape index (κ1) is 29.4. The van der Waals surface area contributed by atoms with Crippen LogP contribution in [0, 0.1) is 18.6 Å². The van der Waals surface area contributed by atoms with Crippen LogP contribution in [-0.4, -0.2) is 24.5 Å². The van der Waals surface area contributed by atoms with E-state index in [4.69, 9.17) is 9.57 Å². The summed E-state index contributed by atoms with van der Waals surface area (Å²) in [6.45, 7) is 1.54. The number of rotatable bonds is 7. The largest absolute Gasteiger partial charge is 0.494 e. The van der Waals surface area contributed by atoms with E-state index in [0.29, 0.717) is 22.0 Å². The van der Waals surface area contributed by atoms with E-state index in [0.717, 1.165) is 18.2 Å². The number of fused-ring (bicyclic) bond motifs is 1. The Bertz CT molecular complexity index is 1750. The maximum atomic E-state index is 15.6. The van der Waals surface area contributed by atoms with E-state index >= 15 is 8.78 Å². The minimum atomic E-state index is -4.82. The second-order valence-electron chi connectivity index (χ2n) is 9.47. The maximum Gasteiger partial charge on any atom is 0.416 e. The van der Waals surface area contributed by atoms with Gasteiger partial charge in [0.2, 0.25) is 0 Å². The first-order valence-electron chi connectivity index (χ1n) is 12.7. The molecule has 0 aliphatic carbocycles. The summed E-state index contributed by atoms with van der Waals surface area (Å²) in [6.07, 6.45) is -5.30. The number of alkyl halides is 3. The van der Waals surface area contributed by atoms with Crippen LogP contribution in [0.2, 0.25) is 0 Å². The number of hydrogen-bond acceptors (Lipinski definition) is 5. The lowest BCUT2D eigenvalue weighted by molar-refractivity contribution is -0.138. The van der Waals surface area contributed by atoms with Crippen molar-refractivity contribution in [2.75, 3.05) is 20.0 Å². The summed E-state index contributed by atoms with van der Waals surface area (Å²) < 4.78 is 79.1. The molecule has 0 saturated heterocycles. The summed E-state index contributed by atoms with van der Waals surface area (Å²) in [5, 5.41) is 0.335. The molecule has 2 heterocycles. The van der Waals surface area contributed by atoms with E-state index in [-0.39, 0.29) is 33.8 Å². The molecule has 5 rings (SSSR count). The minimum absolute atomic E-state index is 0.0696. The molecule has 1 aliphatic rings. The van der Waals surface area contributed by atoms with Gasteiger partial charge in [0.1, 0.15) is 5.82 Å². The Balaban J connectivity index is 1.87. The zero-order valence-corrected chi connectivity index (χ0v) is 23.6. The third-order valence-corrected chi connectivity index (χ3v) is 8.23. The van der Waals surface area contributed by atoms with E-state index in [1.165, 1.54) is 55.7 Å². The minimum Gasteiger partial charge on any atom is -0.494 e. The molecule has 0 saturated carbocycles. The summed E-state index contributed by atoms with van der Waals surface area (Å²) in [6, 6.07) is 16.1. The average molecular weight is 601 g/mol. The Kier molecular flexibility index (Phi) is 8.16. The highest BCUT2D eigenvalue weighted by Crippen LogP contribution is 2.43. The Morgan fingerprint density at radius 1 is 0.976 bits per heavy atom. The Morgan fingerprint density at radius 2 is 1.69 bits per heavy atom. The van der Waals surface area contributed by atoms with Gasteiger partial charge < -0.3 is 4.74 Å². The molecule has 3 aromatic carbocycles. The SMILES string of the molecule is CONC(=C1CSc2c(Cc3c(F)cccc3C(F)(F)F)c(C)c(-c3cccc(OC)c3F)c(=O)n21)c1ccccc1. The van der Waals surface area contributed by atoms with E-state index < -0.39 is 40.9 Å². The van der Waals surface area contributed by atoms with Gasteiger partial charge in [-0.2, -0.15) is 13.2 Å². The highest BCUT2D eigenvalue weighted by molar-refractivity contribution is 8.00. The van der Waals surface area contributed by atoms with Gasteiger partial charge in [-0.3, -0.25) is 19.7 Å². The van der Waals surface area contributed by atoms with Gasteiger partial charge in [0.05, 0.1) is 41.8 Å². The molecule has 0 bridgehead atoms. The van der Waals surface area contributed by atoms with Crippen molar-refractivity contribution in [3.63, 3.8) is 0 Å². The molecule has 218 valence electrons. The van der Waals surface area contributed by atoms with Crippen molar-refractivity contribution in [2.45, 2.75) is 24.5 Å². The fraction of sp³-hybridized carbons (Fsp3) is 0.194. The smallest absolute Gasteiger partial charge is 0.416 e. The van der Waals surface area contributed by atoms with Crippen LogP contribution < -0.4 is 15.8 Å². The molecule has 0 spiro atoms. The summed E-state index contributed by atoms with van der Waals surface area (Å²) in [5.41, 5.74) is 2.47. The number of halogens is 5. The summed E-state index contributed by atoms with van der Waals surface area (Å²) in [4.78, 5) is 19.5.